The van der Waals surface area contributed by atoms with Gasteiger partial charge in [-0.2, -0.15) is 0 Å². The quantitative estimate of drug-likeness (QED) is 0.862. The number of rotatable bonds is 4. The predicted molar refractivity (Wildman–Crippen MR) is 91.7 cm³/mol. The van der Waals surface area contributed by atoms with Crippen LogP contribution in [0.2, 0.25) is 0 Å². The van der Waals surface area contributed by atoms with Gasteiger partial charge in [0.1, 0.15) is 11.5 Å². The molecule has 0 radical (unpaired) electrons. The predicted octanol–water partition coefficient (Wildman–Crippen LogP) is 4.29. The highest BCUT2D eigenvalue weighted by Gasteiger charge is 2.31. The molecule has 1 unspecified atom stereocenters. The Morgan fingerprint density at radius 1 is 1.04 bits per heavy atom. The first-order chi connectivity index (χ1) is 12.4. The summed E-state index contributed by atoms with van der Waals surface area (Å²) >= 11 is 0. The fourth-order valence-electron chi connectivity index (χ4n) is 3.00. The summed E-state index contributed by atoms with van der Waals surface area (Å²) in [4.78, 5) is 2.22. The number of piperidine rings is 1. The molecule has 1 aromatic rings. The van der Waals surface area contributed by atoms with E-state index in [-0.39, 0.29) is 23.7 Å². The molecule has 1 N–H and O–H groups in total. The molecule has 1 fully saturated rings. The molecule has 26 heavy (non-hydrogen) atoms. The van der Waals surface area contributed by atoms with Gasteiger partial charge in [0.05, 0.1) is 12.2 Å². The molecule has 4 nitrogen and oxygen atoms in total. The molecule has 0 saturated carbocycles. The van der Waals surface area contributed by atoms with Crippen LogP contribution in [0.3, 0.4) is 0 Å². The van der Waals surface area contributed by atoms with E-state index in [0.717, 1.165) is 31.6 Å². The van der Waals surface area contributed by atoms with Gasteiger partial charge in [-0.25, -0.2) is 0 Å². The molecular weight excluding hydrogens is 347 g/mol. The standard InChI is InChI=1S/C19H20F3NO3/c20-19(21,22)26-18-3-1-2-16(8-9-18)25-17-10-12-23(13-11-17)14-4-6-15(24)7-5-14/h1-9,16-17,24H,10-13H2. The Morgan fingerprint density at radius 3 is 2.38 bits per heavy atom. The highest BCUT2D eigenvalue weighted by atomic mass is 19.4. The molecule has 0 spiro atoms. The van der Waals surface area contributed by atoms with E-state index in [9.17, 15) is 18.3 Å². The van der Waals surface area contributed by atoms with E-state index in [2.05, 4.69) is 9.64 Å². The summed E-state index contributed by atoms with van der Waals surface area (Å²) in [5, 5.41) is 9.36. The molecule has 1 aromatic carbocycles. The van der Waals surface area contributed by atoms with E-state index in [1.165, 1.54) is 18.2 Å². The molecule has 1 atom stereocenters. The van der Waals surface area contributed by atoms with Crippen LogP contribution in [-0.4, -0.2) is 36.8 Å². The zero-order valence-corrected chi connectivity index (χ0v) is 14.0. The number of aromatic hydroxyl groups is 1. The summed E-state index contributed by atoms with van der Waals surface area (Å²) in [5.74, 6) is -0.0246. The second-order valence-corrected chi connectivity index (χ2v) is 6.16. The van der Waals surface area contributed by atoms with E-state index >= 15 is 0 Å². The van der Waals surface area contributed by atoms with Crippen molar-refractivity contribution in [3.05, 3.63) is 60.4 Å². The summed E-state index contributed by atoms with van der Waals surface area (Å²) in [5.41, 5.74) is 1.05. The minimum absolute atomic E-state index is 0.0350. The third-order valence-electron chi connectivity index (χ3n) is 4.25. The summed E-state index contributed by atoms with van der Waals surface area (Å²) in [6.45, 7) is 1.63. The number of benzene rings is 1. The molecular formula is C19H20F3NO3. The third kappa shape index (κ3) is 5.29. The number of allylic oxidation sites excluding steroid dienone is 3. The topological polar surface area (TPSA) is 41.9 Å². The van der Waals surface area contributed by atoms with Crippen molar-refractivity contribution >= 4 is 5.69 Å². The molecule has 0 amide bonds. The largest absolute Gasteiger partial charge is 0.573 e. The lowest BCUT2D eigenvalue weighted by molar-refractivity contribution is -0.303. The lowest BCUT2D eigenvalue weighted by Gasteiger charge is -2.34. The lowest BCUT2D eigenvalue weighted by Crippen LogP contribution is -2.38. The van der Waals surface area contributed by atoms with Gasteiger partial charge < -0.3 is 19.5 Å². The molecule has 0 bridgehead atoms. The number of hydrogen-bond donors (Lipinski definition) is 1. The summed E-state index contributed by atoms with van der Waals surface area (Å²) in [6.07, 6.45) is 3.91. The number of phenols is 1. The van der Waals surface area contributed by atoms with Gasteiger partial charge in [-0.1, -0.05) is 12.2 Å². The minimum atomic E-state index is -4.70. The van der Waals surface area contributed by atoms with Crippen LogP contribution in [0.4, 0.5) is 18.9 Å². The van der Waals surface area contributed by atoms with Gasteiger partial charge in [0.15, 0.2) is 0 Å². The fraction of sp³-hybridized carbons (Fsp3) is 0.368. The van der Waals surface area contributed by atoms with Crippen LogP contribution < -0.4 is 4.90 Å². The Bertz CT molecular complexity index is 687. The van der Waals surface area contributed by atoms with Gasteiger partial charge in [0.25, 0.3) is 0 Å². The monoisotopic (exact) mass is 367 g/mol. The molecule has 0 aromatic heterocycles. The number of nitrogens with zero attached hydrogens (tertiary/aromatic N) is 1. The van der Waals surface area contributed by atoms with Crippen molar-refractivity contribution in [3.8, 4) is 5.75 Å². The molecule has 2 aliphatic rings. The summed E-state index contributed by atoms with van der Waals surface area (Å²) in [7, 11) is 0. The second kappa shape index (κ2) is 7.86. The molecule has 3 rings (SSSR count). The lowest BCUT2D eigenvalue weighted by atomic mass is 10.1. The maximum atomic E-state index is 12.3. The van der Waals surface area contributed by atoms with E-state index in [4.69, 9.17) is 4.74 Å². The SMILES string of the molecule is Oc1ccc(N2CCC(OC3C=CC=C(OC(F)(F)F)C=C3)CC2)cc1. The molecule has 1 saturated heterocycles. The van der Waals surface area contributed by atoms with E-state index in [1.807, 2.05) is 12.1 Å². The first-order valence-electron chi connectivity index (χ1n) is 8.41. The fourth-order valence-corrected chi connectivity index (χ4v) is 3.00. The van der Waals surface area contributed by atoms with Crippen LogP contribution in [0.25, 0.3) is 0 Å². The van der Waals surface area contributed by atoms with Crippen LogP contribution in [0, 0.1) is 0 Å². The molecule has 1 heterocycles. The van der Waals surface area contributed by atoms with Gasteiger partial charge in [0, 0.05) is 18.8 Å². The van der Waals surface area contributed by atoms with Crippen LogP contribution >= 0.6 is 0 Å². The number of halogens is 3. The van der Waals surface area contributed by atoms with Crippen LogP contribution in [0.15, 0.2) is 60.4 Å². The maximum Gasteiger partial charge on any atom is 0.573 e. The van der Waals surface area contributed by atoms with Gasteiger partial charge in [0.2, 0.25) is 0 Å². The summed E-state index contributed by atoms with van der Waals surface area (Å²) < 4.78 is 46.7. The number of ether oxygens (including phenoxy) is 2. The average molecular weight is 367 g/mol. The minimum Gasteiger partial charge on any atom is -0.508 e. The third-order valence-corrected chi connectivity index (χ3v) is 4.25. The van der Waals surface area contributed by atoms with Gasteiger partial charge in [-0.15, -0.1) is 13.2 Å². The Kier molecular flexibility index (Phi) is 5.56. The smallest absolute Gasteiger partial charge is 0.508 e. The molecule has 1 aliphatic heterocycles. The van der Waals surface area contributed by atoms with Crippen molar-refractivity contribution in [3.63, 3.8) is 0 Å². The Hall–Kier alpha value is -2.41. The van der Waals surface area contributed by atoms with Crippen molar-refractivity contribution in [1.82, 2.24) is 0 Å². The highest BCUT2D eigenvalue weighted by molar-refractivity contribution is 5.49. The zero-order chi connectivity index (χ0) is 18.6. The van der Waals surface area contributed by atoms with Gasteiger partial charge >= 0.3 is 6.36 Å². The van der Waals surface area contributed by atoms with Gasteiger partial charge in [-0.05, 0) is 55.3 Å². The number of hydrogen-bond acceptors (Lipinski definition) is 4. The second-order valence-electron chi connectivity index (χ2n) is 6.16. The molecule has 1 aliphatic carbocycles. The van der Waals surface area contributed by atoms with Crippen LogP contribution in [0.1, 0.15) is 12.8 Å². The van der Waals surface area contributed by atoms with Crippen molar-refractivity contribution in [2.24, 2.45) is 0 Å². The highest BCUT2D eigenvalue weighted by Crippen LogP contribution is 2.26. The van der Waals surface area contributed by atoms with Gasteiger partial charge in [-0.3, -0.25) is 0 Å². The maximum absolute atomic E-state index is 12.3. The van der Waals surface area contributed by atoms with Crippen molar-refractivity contribution in [2.45, 2.75) is 31.4 Å². The van der Waals surface area contributed by atoms with E-state index in [1.54, 1.807) is 24.3 Å². The summed E-state index contributed by atoms with van der Waals surface area (Å²) in [6, 6.07) is 7.07. The normalized spacial score (nSPS) is 21.4. The Labute approximate surface area is 149 Å². The average Bonchev–Trinajstić information content (AvgIpc) is 2.80. The molecule has 140 valence electrons. The number of anilines is 1. The number of alkyl halides is 3. The van der Waals surface area contributed by atoms with Crippen molar-refractivity contribution in [1.29, 1.82) is 0 Å². The van der Waals surface area contributed by atoms with E-state index in [0.29, 0.717) is 0 Å². The number of phenolic OH excluding ortho intramolecular Hbond substituents is 1. The molecule has 7 heteroatoms. The van der Waals surface area contributed by atoms with Crippen molar-refractivity contribution < 1.29 is 27.8 Å². The van der Waals surface area contributed by atoms with Crippen LogP contribution in [0.5, 0.6) is 5.75 Å². The van der Waals surface area contributed by atoms with E-state index < -0.39 is 6.36 Å². The first kappa shape index (κ1) is 18.4. The van der Waals surface area contributed by atoms with Crippen LogP contribution in [-0.2, 0) is 9.47 Å². The zero-order valence-electron chi connectivity index (χ0n) is 14.0. The van der Waals surface area contributed by atoms with Crippen molar-refractivity contribution in [2.75, 3.05) is 18.0 Å². The Morgan fingerprint density at radius 2 is 1.73 bits per heavy atom. The Balaban J connectivity index is 1.49. The first-order valence-corrected chi connectivity index (χ1v) is 8.41.